The molecule has 1 N–H and O–H groups in total. The fourth-order valence-electron chi connectivity index (χ4n) is 4.21. The molecule has 2 amide bonds. The van der Waals surface area contributed by atoms with Gasteiger partial charge in [-0.1, -0.05) is 43.6 Å². The highest BCUT2D eigenvalue weighted by atomic mass is 35.5. The molecule has 1 heterocycles. The number of fused-ring (bicyclic) bond motifs is 1. The number of hydrogen-bond donors (Lipinski definition) is 1. The number of nitrogens with zero attached hydrogens (tertiary/aromatic N) is 3. The summed E-state index contributed by atoms with van der Waals surface area (Å²) in [4.78, 5) is 32.6. The van der Waals surface area contributed by atoms with Crippen molar-refractivity contribution >= 4 is 34.4 Å². The molecule has 0 saturated heterocycles. The number of aromatic nitrogens is 2. The van der Waals surface area contributed by atoms with E-state index in [0.29, 0.717) is 30.0 Å². The third-order valence-corrected chi connectivity index (χ3v) is 6.63. The van der Waals surface area contributed by atoms with Crippen molar-refractivity contribution in [3.05, 3.63) is 64.9 Å². The number of aryl methyl sites for hydroxylation is 1. The van der Waals surface area contributed by atoms with Gasteiger partial charge < -0.3 is 14.8 Å². The molecule has 0 aliphatic rings. The molecule has 0 fully saturated rings. The van der Waals surface area contributed by atoms with Crippen LogP contribution >= 0.6 is 11.6 Å². The maximum absolute atomic E-state index is 13.4. The van der Waals surface area contributed by atoms with Crippen LogP contribution in [0.3, 0.4) is 0 Å². The number of nitrogens with one attached hydrogen (secondary N) is 1. The van der Waals surface area contributed by atoms with Gasteiger partial charge in [0.25, 0.3) is 5.91 Å². The fourth-order valence-corrected chi connectivity index (χ4v) is 4.40. The number of hydrogen-bond acceptors (Lipinski definition) is 3. The maximum Gasteiger partial charge on any atom is 0.251 e. The van der Waals surface area contributed by atoms with Gasteiger partial charge in [-0.25, -0.2) is 4.98 Å². The zero-order chi connectivity index (χ0) is 24.7. The smallest absolute Gasteiger partial charge is 0.251 e. The molecule has 2 aromatic carbocycles. The third-order valence-electron chi connectivity index (χ3n) is 6.40. The van der Waals surface area contributed by atoms with Crippen LogP contribution in [0.2, 0.25) is 5.02 Å². The highest BCUT2D eigenvalue weighted by Crippen LogP contribution is 2.20. The van der Waals surface area contributed by atoms with Crippen LogP contribution in [0.4, 0.5) is 0 Å². The van der Waals surface area contributed by atoms with Crippen LogP contribution in [0.15, 0.2) is 48.5 Å². The third kappa shape index (κ3) is 6.17. The number of para-hydroxylation sites is 2. The molecule has 2 atom stereocenters. The molecule has 3 aromatic rings. The summed E-state index contributed by atoms with van der Waals surface area (Å²) >= 11 is 5.99. The van der Waals surface area contributed by atoms with E-state index in [9.17, 15) is 9.59 Å². The number of carbonyl (C=O) groups is 2. The molecule has 7 heteroatoms. The van der Waals surface area contributed by atoms with Gasteiger partial charge in [-0.05, 0) is 63.4 Å². The Kier molecular flexibility index (Phi) is 9.11. The van der Waals surface area contributed by atoms with Gasteiger partial charge in [0, 0.05) is 35.6 Å². The molecule has 0 saturated carbocycles. The molecule has 3 rings (SSSR count). The van der Waals surface area contributed by atoms with Crippen molar-refractivity contribution in [1.82, 2.24) is 19.8 Å². The average molecular weight is 483 g/mol. The molecule has 0 spiro atoms. The Balaban J connectivity index is 1.72. The molecular weight excluding hydrogens is 448 g/mol. The van der Waals surface area contributed by atoms with Gasteiger partial charge in [0.05, 0.1) is 11.0 Å². The predicted octanol–water partition coefficient (Wildman–Crippen LogP) is 5.48. The van der Waals surface area contributed by atoms with Crippen LogP contribution < -0.4 is 5.32 Å². The first-order valence-electron chi connectivity index (χ1n) is 12.1. The monoisotopic (exact) mass is 482 g/mol. The van der Waals surface area contributed by atoms with Crippen LogP contribution in [-0.4, -0.2) is 44.9 Å². The molecule has 182 valence electrons. The topological polar surface area (TPSA) is 67.2 Å². The summed E-state index contributed by atoms with van der Waals surface area (Å²) < 4.78 is 2.04. The van der Waals surface area contributed by atoms with Crippen LogP contribution in [0.25, 0.3) is 11.0 Å². The molecule has 1 aromatic heterocycles. The number of benzene rings is 2. The largest absolute Gasteiger partial charge is 0.352 e. The van der Waals surface area contributed by atoms with Crippen LogP contribution in [-0.2, 0) is 17.8 Å². The van der Waals surface area contributed by atoms with Crippen molar-refractivity contribution in [2.24, 2.45) is 0 Å². The maximum atomic E-state index is 13.4. The first kappa shape index (κ1) is 25.8. The van der Waals surface area contributed by atoms with Crippen molar-refractivity contribution < 1.29 is 9.59 Å². The van der Waals surface area contributed by atoms with Gasteiger partial charge >= 0.3 is 0 Å². The highest BCUT2D eigenvalue weighted by molar-refractivity contribution is 6.30. The highest BCUT2D eigenvalue weighted by Gasteiger charge is 2.25. The molecule has 0 aliphatic heterocycles. The molecule has 6 nitrogen and oxygen atoms in total. The van der Waals surface area contributed by atoms with Gasteiger partial charge in [0.1, 0.15) is 12.4 Å². The summed E-state index contributed by atoms with van der Waals surface area (Å²) in [6, 6.07) is 15.2. The average Bonchev–Trinajstić information content (AvgIpc) is 3.18. The van der Waals surface area contributed by atoms with E-state index in [1.54, 1.807) is 24.3 Å². The molecule has 0 bridgehead atoms. The number of rotatable bonds is 11. The number of imidazole rings is 1. The number of carbonyl (C=O) groups excluding carboxylic acids is 2. The second-order valence-corrected chi connectivity index (χ2v) is 9.22. The van der Waals surface area contributed by atoms with Gasteiger partial charge in [0.2, 0.25) is 5.91 Å². The Morgan fingerprint density at radius 2 is 1.76 bits per heavy atom. The lowest BCUT2D eigenvalue weighted by atomic mass is 10.1. The summed E-state index contributed by atoms with van der Waals surface area (Å²) in [5, 5.41) is 3.48. The van der Waals surface area contributed by atoms with Gasteiger partial charge in [-0.2, -0.15) is 0 Å². The Morgan fingerprint density at radius 3 is 2.44 bits per heavy atom. The van der Waals surface area contributed by atoms with Crippen molar-refractivity contribution in [1.29, 1.82) is 0 Å². The van der Waals surface area contributed by atoms with E-state index in [4.69, 9.17) is 16.6 Å². The summed E-state index contributed by atoms with van der Waals surface area (Å²) in [6.45, 7) is 9.22. The predicted molar refractivity (Wildman–Crippen MR) is 138 cm³/mol. The SMILES string of the molecule is CCC(C)N(C(=O)Cn1c(CCCNC(=O)c2cccc(Cl)c2)nc2ccccc21)C(C)CC. The zero-order valence-electron chi connectivity index (χ0n) is 20.6. The van der Waals surface area contributed by atoms with Gasteiger partial charge in [0.15, 0.2) is 0 Å². The van der Waals surface area contributed by atoms with Crippen molar-refractivity contribution in [2.75, 3.05) is 6.54 Å². The molecule has 34 heavy (non-hydrogen) atoms. The summed E-state index contributed by atoms with van der Waals surface area (Å²) in [5.74, 6) is 0.825. The van der Waals surface area contributed by atoms with E-state index in [-0.39, 0.29) is 30.4 Å². The number of amides is 2. The van der Waals surface area contributed by atoms with Crippen LogP contribution in [0.1, 0.15) is 63.1 Å². The Labute approximate surface area is 207 Å². The first-order chi connectivity index (χ1) is 16.3. The zero-order valence-corrected chi connectivity index (χ0v) is 21.3. The molecule has 0 radical (unpaired) electrons. The molecule has 2 unspecified atom stereocenters. The molecular formula is C27H35ClN4O2. The van der Waals surface area contributed by atoms with E-state index < -0.39 is 0 Å². The first-order valence-corrected chi connectivity index (χ1v) is 12.5. The summed E-state index contributed by atoms with van der Waals surface area (Å²) in [5.41, 5.74) is 2.38. The van der Waals surface area contributed by atoms with E-state index >= 15 is 0 Å². The Morgan fingerprint density at radius 1 is 1.06 bits per heavy atom. The lowest BCUT2D eigenvalue weighted by Crippen LogP contribution is -2.45. The van der Waals surface area contributed by atoms with Crippen molar-refractivity contribution in [3.8, 4) is 0 Å². The lowest BCUT2D eigenvalue weighted by Gasteiger charge is -2.34. The normalized spacial score (nSPS) is 13.0. The van der Waals surface area contributed by atoms with E-state index in [0.717, 1.165) is 29.7 Å². The van der Waals surface area contributed by atoms with Crippen molar-refractivity contribution in [3.63, 3.8) is 0 Å². The van der Waals surface area contributed by atoms with Gasteiger partial charge in [-0.15, -0.1) is 0 Å². The van der Waals surface area contributed by atoms with Crippen LogP contribution in [0.5, 0.6) is 0 Å². The fraction of sp³-hybridized carbons (Fsp3) is 0.444. The Bertz CT molecular complexity index is 1120. The van der Waals surface area contributed by atoms with E-state index in [1.165, 1.54) is 0 Å². The molecule has 0 aliphatic carbocycles. The second kappa shape index (κ2) is 12.0. The minimum Gasteiger partial charge on any atom is -0.352 e. The Hall–Kier alpha value is -2.86. The quantitative estimate of drug-likeness (QED) is 0.368. The summed E-state index contributed by atoms with van der Waals surface area (Å²) in [6.07, 6.45) is 3.20. The van der Waals surface area contributed by atoms with Crippen molar-refractivity contribution in [2.45, 2.75) is 72.0 Å². The minimum atomic E-state index is -0.149. The van der Waals surface area contributed by atoms with Crippen LogP contribution in [0, 0.1) is 0 Å². The lowest BCUT2D eigenvalue weighted by molar-refractivity contribution is -0.136. The second-order valence-electron chi connectivity index (χ2n) is 8.79. The van der Waals surface area contributed by atoms with Gasteiger partial charge in [-0.3, -0.25) is 9.59 Å². The standard InChI is InChI=1S/C27H35ClN4O2/c1-5-19(3)32(20(4)6-2)26(33)18-31-24-14-8-7-13-23(24)30-25(31)15-10-16-29-27(34)21-11-9-12-22(28)17-21/h7-9,11-14,17,19-20H,5-6,10,15-16,18H2,1-4H3,(H,29,34). The van der Waals surface area contributed by atoms with E-state index in [2.05, 4.69) is 33.0 Å². The number of halogens is 1. The summed E-state index contributed by atoms with van der Waals surface area (Å²) in [7, 11) is 0. The minimum absolute atomic E-state index is 0.113. The van der Waals surface area contributed by atoms with E-state index in [1.807, 2.05) is 33.7 Å².